The van der Waals surface area contributed by atoms with Crippen LogP contribution < -0.4 is 0 Å². The van der Waals surface area contributed by atoms with Crippen molar-refractivity contribution in [3.05, 3.63) is 35.9 Å². The van der Waals surface area contributed by atoms with Gasteiger partial charge in [0.25, 0.3) is 0 Å². The molecule has 1 saturated heterocycles. The number of carbonyl (C=O) groups excluding carboxylic acids is 1. The van der Waals surface area contributed by atoms with Crippen LogP contribution in [0.5, 0.6) is 0 Å². The molecule has 2 heteroatoms. The first-order valence-corrected chi connectivity index (χ1v) is 5.95. The predicted molar refractivity (Wildman–Crippen MR) is 65.3 cm³/mol. The number of aldehydes is 1. The summed E-state index contributed by atoms with van der Waals surface area (Å²) in [5, 5.41) is 0. The first-order valence-electron chi connectivity index (χ1n) is 5.95. The Morgan fingerprint density at radius 3 is 2.69 bits per heavy atom. The summed E-state index contributed by atoms with van der Waals surface area (Å²) in [6, 6.07) is 10.7. The molecule has 2 nitrogen and oxygen atoms in total. The van der Waals surface area contributed by atoms with Crippen molar-refractivity contribution in [1.82, 2.24) is 4.90 Å². The second kappa shape index (κ2) is 4.38. The predicted octanol–water partition coefficient (Wildman–Crippen LogP) is 2.80. The molecule has 1 aliphatic rings. The van der Waals surface area contributed by atoms with Crippen LogP contribution in [0.4, 0.5) is 0 Å². The molecule has 0 N–H and O–H groups in total. The van der Waals surface area contributed by atoms with Gasteiger partial charge in [0, 0.05) is 6.04 Å². The zero-order valence-corrected chi connectivity index (χ0v) is 10.0. The molecule has 0 amide bonds. The SMILES string of the molecule is C[C@@H](c1ccccc1)N1CCC[C@@]1(C)C=O. The maximum atomic E-state index is 11.2. The van der Waals surface area contributed by atoms with Crippen molar-refractivity contribution in [3.8, 4) is 0 Å². The fraction of sp³-hybridized carbons (Fsp3) is 0.500. The van der Waals surface area contributed by atoms with E-state index in [4.69, 9.17) is 0 Å². The molecule has 1 aliphatic heterocycles. The van der Waals surface area contributed by atoms with Crippen LogP contribution in [0.25, 0.3) is 0 Å². The fourth-order valence-electron chi connectivity index (χ4n) is 2.68. The number of rotatable bonds is 3. The van der Waals surface area contributed by atoms with Gasteiger partial charge < -0.3 is 4.79 Å². The van der Waals surface area contributed by atoms with Gasteiger partial charge in [-0.2, -0.15) is 0 Å². The molecule has 2 rings (SSSR count). The van der Waals surface area contributed by atoms with E-state index in [0.717, 1.165) is 25.7 Å². The Hall–Kier alpha value is -1.15. The van der Waals surface area contributed by atoms with Crippen molar-refractivity contribution >= 4 is 6.29 Å². The molecule has 1 aromatic carbocycles. The Labute approximate surface area is 97.3 Å². The Morgan fingerprint density at radius 2 is 2.06 bits per heavy atom. The van der Waals surface area contributed by atoms with E-state index in [0.29, 0.717) is 6.04 Å². The molecule has 0 aliphatic carbocycles. The summed E-state index contributed by atoms with van der Waals surface area (Å²) >= 11 is 0. The van der Waals surface area contributed by atoms with Crippen LogP contribution in [0.15, 0.2) is 30.3 Å². The topological polar surface area (TPSA) is 20.3 Å². The quantitative estimate of drug-likeness (QED) is 0.726. The van der Waals surface area contributed by atoms with Crippen molar-refractivity contribution in [2.45, 2.75) is 38.3 Å². The third-order valence-electron chi connectivity index (χ3n) is 3.74. The van der Waals surface area contributed by atoms with Crippen LogP contribution in [-0.2, 0) is 4.79 Å². The highest BCUT2D eigenvalue weighted by atomic mass is 16.1. The van der Waals surface area contributed by atoms with Crippen LogP contribution in [0.1, 0.15) is 38.3 Å². The lowest BCUT2D eigenvalue weighted by Gasteiger charge is -2.35. The summed E-state index contributed by atoms with van der Waals surface area (Å²) in [5.74, 6) is 0. The maximum absolute atomic E-state index is 11.2. The average Bonchev–Trinajstić information content (AvgIpc) is 2.72. The monoisotopic (exact) mass is 217 g/mol. The van der Waals surface area contributed by atoms with Crippen LogP contribution in [0, 0.1) is 0 Å². The zero-order valence-electron chi connectivity index (χ0n) is 10.0. The van der Waals surface area contributed by atoms with Crippen molar-refractivity contribution in [3.63, 3.8) is 0 Å². The minimum atomic E-state index is -0.269. The molecule has 0 saturated carbocycles. The molecule has 86 valence electrons. The molecule has 0 radical (unpaired) electrons. The second-order valence-corrected chi connectivity index (χ2v) is 4.86. The van der Waals surface area contributed by atoms with Crippen molar-refractivity contribution in [1.29, 1.82) is 0 Å². The number of hydrogen-bond donors (Lipinski definition) is 0. The fourth-order valence-corrected chi connectivity index (χ4v) is 2.68. The van der Waals surface area contributed by atoms with Gasteiger partial charge in [0.15, 0.2) is 0 Å². The first-order chi connectivity index (χ1) is 7.67. The van der Waals surface area contributed by atoms with Gasteiger partial charge in [-0.1, -0.05) is 30.3 Å². The van der Waals surface area contributed by atoms with Gasteiger partial charge in [-0.15, -0.1) is 0 Å². The van der Waals surface area contributed by atoms with Gasteiger partial charge in [0.05, 0.1) is 5.54 Å². The second-order valence-electron chi connectivity index (χ2n) is 4.86. The summed E-state index contributed by atoms with van der Waals surface area (Å²) < 4.78 is 0. The number of likely N-dealkylation sites (tertiary alicyclic amines) is 1. The normalized spacial score (nSPS) is 27.9. The van der Waals surface area contributed by atoms with E-state index >= 15 is 0 Å². The molecule has 0 spiro atoms. The lowest BCUT2D eigenvalue weighted by Crippen LogP contribution is -2.43. The van der Waals surface area contributed by atoms with E-state index in [9.17, 15) is 4.79 Å². The molecule has 1 fully saturated rings. The third-order valence-corrected chi connectivity index (χ3v) is 3.74. The zero-order chi connectivity index (χ0) is 11.6. The number of nitrogens with zero attached hydrogens (tertiary/aromatic N) is 1. The molecule has 2 atom stereocenters. The van der Waals surface area contributed by atoms with Gasteiger partial charge >= 0.3 is 0 Å². The third kappa shape index (κ3) is 1.90. The van der Waals surface area contributed by atoms with E-state index in [1.54, 1.807) is 0 Å². The van der Waals surface area contributed by atoms with Gasteiger partial charge in [0.1, 0.15) is 6.29 Å². The standard InChI is InChI=1S/C14H19NO/c1-12(13-7-4-3-5-8-13)15-10-6-9-14(15,2)11-16/h3-5,7-8,11-12H,6,9-10H2,1-2H3/t12-,14-/m0/s1. The summed E-state index contributed by atoms with van der Waals surface area (Å²) in [7, 11) is 0. The highest BCUT2D eigenvalue weighted by Gasteiger charge is 2.39. The Balaban J connectivity index is 2.22. The van der Waals surface area contributed by atoms with E-state index in [1.165, 1.54) is 5.56 Å². The Bertz CT molecular complexity index is 362. The number of hydrogen-bond acceptors (Lipinski definition) is 2. The van der Waals surface area contributed by atoms with Crippen LogP contribution in [-0.4, -0.2) is 23.3 Å². The number of benzene rings is 1. The van der Waals surface area contributed by atoms with Crippen molar-refractivity contribution < 1.29 is 4.79 Å². The van der Waals surface area contributed by atoms with E-state index in [-0.39, 0.29) is 5.54 Å². The molecule has 0 unspecified atom stereocenters. The van der Waals surface area contributed by atoms with E-state index in [2.05, 4.69) is 36.1 Å². The lowest BCUT2D eigenvalue weighted by molar-refractivity contribution is -0.117. The van der Waals surface area contributed by atoms with Crippen molar-refractivity contribution in [2.24, 2.45) is 0 Å². The summed E-state index contributed by atoms with van der Waals surface area (Å²) in [4.78, 5) is 13.5. The largest absolute Gasteiger partial charge is 0.301 e. The molecule has 1 heterocycles. The number of carbonyl (C=O) groups is 1. The smallest absolute Gasteiger partial charge is 0.139 e. The van der Waals surface area contributed by atoms with Crippen LogP contribution >= 0.6 is 0 Å². The summed E-state index contributed by atoms with van der Waals surface area (Å²) in [5.41, 5.74) is 1.02. The maximum Gasteiger partial charge on any atom is 0.139 e. The minimum Gasteiger partial charge on any atom is -0.301 e. The molecular weight excluding hydrogens is 198 g/mol. The first kappa shape index (κ1) is 11.3. The summed E-state index contributed by atoms with van der Waals surface area (Å²) in [6.45, 7) is 5.25. The molecule has 16 heavy (non-hydrogen) atoms. The Kier molecular flexibility index (Phi) is 3.10. The molecule has 0 aromatic heterocycles. The van der Waals surface area contributed by atoms with Crippen molar-refractivity contribution in [2.75, 3.05) is 6.54 Å². The average molecular weight is 217 g/mol. The van der Waals surface area contributed by atoms with E-state index in [1.807, 2.05) is 13.0 Å². The van der Waals surface area contributed by atoms with Crippen LogP contribution in [0.3, 0.4) is 0 Å². The minimum absolute atomic E-state index is 0.269. The highest BCUT2D eigenvalue weighted by Crippen LogP contribution is 2.35. The van der Waals surface area contributed by atoms with Crippen LogP contribution in [0.2, 0.25) is 0 Å². The highest BCUT2D eigenvalue weighted by molar-refractivity contribution is 5.64. The van der Waals surface area contributed by atoms with Gasteiger partial charge in [-0.05, 0) is 38.8 Å². The molecule has 0 bridgehead atoms. The summed E-state index contributed by atoms with van der Waals surface area (Å²) in [6.07, 6.45) is 3.21. The molecular formula is C14H19NO. The van der Waals surface area contributed by atoms with Gasteiger partial charge in [0.2, 0.25) is 0 Å². The Morgan fingerprint density at radius 1 is 1.38 bits per heavy atom. The van der Waals surface area contributed by atoms with Gasteiger partial charge in [-0.3, -0.25) is 4.90 Å². The lowest BCUT2D eigenvalue weighted by atomic mass is 9.97. The molecule has 1 aromatic rings. The van der Waals surface area contributed by atoms with E-state index < -0.39 is 0 Å². The van der Waals surface area contributed by atoms with Gasteiger partial charge in [-0.25, -0.2) is 0 Å².